The van der Waals surface area contributed by atoms with E-state index in [9.17, 15) is 13.2 Å². The molecule has 0 saturated heterocycles. The molecule has 118 valence electrons. The number of hydrogen-bond donors (Lipinski definition) is 2. The monoisotopic (exact) mass is 314 g/mol. The summed E-state index contributed by atoms with van der Waals surface area (Å²) >= 11 is 0. The standard InChI is InChI=1S/C14H22N2O4S/c1-2-3-4-5-6-7-11-21(19,20)16-12-9-8-10-15-13(12)14(17)18/h8-10,16H,2-7,11H2,1H3,(H,17,18). The van der Waals surface area contributed by atoms with E-state index < -0.39 is 16.0 Å². The van der Waals surface area contributed by atoms with Crippen LogP contribution in [0.25, 0.3) is 0 Å². The molecule has 1 heterocycles. The number of anilines is 1. The van der Waals surface area contributed by atoms with Crippen LogP contribution in [0.3, 0.4) is 0 Å². The summed E-state index contributed by atoms with van der Waals surface area (Å²) in [7, 11) is -3.54. The summed E-state index contributed by atoms with van der Waals surface area (Å²) in [5, 5.41) is 8.96. The Kier molecular flexibility index (Phi) is 7.14. The quantitative estimate of drug-likeness (QED) is 0.647. The summed E-state index contributed by atoms with van der Waals surface area (Å²) in [5.74, 6) is -1.26. The number of carbonyl (C=O) groups is 1. The van der Waals surface area contributed by atoms with E-state index in [0.717, 1.165) is 25.7 Å². The van der Waals surface area contributed by atoms with Gasteiger partial charge in [0, 0.05) is 6.20 Å². The maximum Gasteiger partial charge on any atom is 0.356 e. The fraction of sp³-hybridized carbons (Fsp3) is 0.571. The Balaban J connectivity index is 2.51. The Bertz CT molecular complexity index is 558. The Labute approximate surface area is 125 Å². The Morgan fingerprint density at radius 1 is 1.24 bits per heavy atom. The molecule has 0 atom stereocenters. The van der Waals surface area contributed by atoms with Crippen LogP contribution in [0.15, 0.2) is 18.3 Å². The van der Waals surface area contributed by atoms with Crippen molar-refractivity contribution >= 4 is 21.7 Å². The molecule has 0 aromatic carbocycles. The van der Waals surface area contributed by atoms with Crippen molar-refractivity contribution in [1.29, 1.82) is 0 Å². The second-order valence-electron chi connectivity index (χ2n) is 4.89. The first-order valence-electron chi connectivity index (χ1n) is 7.15. The van der Waals surface area contributed by atoms with Crippen LogP contribution in [0.5, 0.6) is 0 Å². The van der Waals surface area contributed by atoms with Gasteiger partial charge in [-0.15, -0.1) is 0 Å². The van der Waals surface area contributed by atoms with Crippen LogP contribution in [0.2, 0.25) is 0 Å². The average molecular weight is 314 g/mol. The number of pyridine rings is 1. The molecule has 0 bridgehead atoms. The van der Waals surface area contributed by atoms with Gasteiger partial charge in [0.05, 0.1) is 11.4 Å². The van der Waals surface area contributed by atoms with Crippen LogP contribution < -0.4 is 4.72 Å². The molecule has 6 nitrogen and oxygen atoms in total. The third-order valence-electron chi connectivity index (χ3n) is 3.04. The molecule has 0 aliphatic heterocycles. The molecule has 0 radical (unpaired) electrons. The number of unbranched alkanes of at least 4 members (excludes halogenated alkanes) is 5. The van der Waals surface area contributed by atoms with Gasteiger partial charge in [-0.1, -0.05) is 39.0 Å². The van der Waals surface area contributed by atoms with E-state index in [2.05, 4.69) is 16.6 Å². The van der Waals surface area contributed by atoms with Crippen molar-refractivity contribution in [2.24, 2.45) is 0 Å². The normalized spacial score (nSPS) is 11.3. The summed E-state index contributed by atoms with van der Waals surface area (Å²) < 4.78 is 26.2. The molecule has 21 heavy (non-hydrogen) atoms. The third kappa shape index (κ3) is 6.57. The van der Waals surface area contributed by atoms with Crippen molar-refractivity contribution < 1.29 is 18.3 Å². The highest BCUT2D eigenvalue weighted by Crippen LogP contribution is 2.15. The minimum atomic E-state index is -3.54. The fourth-order valence-electron chi connectivity index (χ4n) is 1.95. The highest BCUT2D eigenvalue weighted by molar-refractivity contribution is 7.92. The first-order valence-corrected chi connectivity index (χ1v) is 8.80. The molecular formula is C14H22N2O4S. The van der Waals surface area contributed by atoms with E-state index in [4.69, 9.17) is 5.11 Å². The number of carboxylic acids is 1. The highest BCUT2D eigenvalue weighted by Gasteiger charge is 2.16. The van der Waals surface area contributed by atoms with E-state index in [0.29, 0.717) is 6.42 Å². The van der Waals surface area contributed by atoms with Crippen LogP contribution in [0, 0.1) is 0 Å². The van der Waals surface area contributed by atoms with E-state index in [1.54, 1.807) is 0 Å². The maximum absolute atomic E-state index is 11.9. The number of nitrogens with one attached hydrogen (secondary N) is 1. The van der Waals surface area contributed by atoms with Crippen molar-refractivity contribution in [2.45, 2.75) is 45.4 Å². The topological polar surface area (TPSA) is 96.4 Å². The smallest absolute Gasteiger partial charge is 0.356 e. The predicted molar refractivity (Wildman–Crippen MR) is 82.0 cm³/mol. The second-order valence-corrected chi connectivity index (χ2v) is 6.74. The predicted octanol–water partition coefficient (Wildman–Crippen LogP) is 2.88. The number of carboxylic acid groups (broad SMARTS) is 1. The van der Waals surface area contributed by atoms with Crippen LogP contribution in [-0.2, 0) is 10.0 Å². The number of sulfonamides is 1. The van der Waals surface area contributed by atoms with Crippen LogP contribution in [0.4, 0.5) is 5.69 Å². The molecule has 0 spiro atoms. The van der Waals surface area contributed by atoms with Gasteiger partial charge in [0.25, 0.3) is 0 Å². The average Bonchev–Trinajstić information content (AvgIpc) is 2.42. The Morgan fingerprint density at radius 3 is 2.57 bits per heavy atom. The minimum absolute atomic E-state index is 0.00687. The highest BCUT2D eigenvalue weighted by atomic mass is 32.2. The molecule has 0 amide bonds. The summed E-state index contributed by atoms with van der Waals surface area (Å²) in [4.78, 5) is 14.6. The molecule has 0 saturated carbocycles. The van der Waals surface area contributed by atoms with Crippen molar-refractivity contribution in [3.05, 3.63) is 24.0 Å². The van der Waals surface area contributed by atoms with E-state index in [1.807, 2.05) is 0 Å². The molecule has 0 fully saturated rings. The van der Waals surface area contributed by atoms with E-state index in [-0.39, 0.29) is 17.1 Å². The molecule has 0 aliphatic carbocycles. The summed E-state index contributed by atoms with van der Waals surface area (Å²) in [6.45, 7) is 2.13. The second kappa shape index (κ2) is 8.61. The zero-order valence-electron chi connectivity index (χ0n) is 12.2. The van der Waals surface area contributed by atoms with Gasteiger partial charge in [-0.25, -0.2) is 18.2 Å². The van der Waals surface area contributed by atoms with E-state index >= 15 is 0 Å². The van der Waals surface area contributed by atoms with Crippen LogP contribution in [0.1, 0.15) is 55.9 Å². The number of hydrogen-bond acceptors (Lipinski definition) is 4. The largest absolute Gasteiger partial charge is 0.476 e. The minimum Gasteiger partial charge on any atom is -0.476 e. The van der Waals surface area contributed by atoms with Gasteiger partial charge in [-0.2, -0.15) is 0 Å². The number of rotatable bonds is 10. The summed E-state index contributed by atoms with van der Waals surface area (Å²) in [5.41, 5.74) is -0.278. The third-order valence-corrected chi connectivity index (χ3v) is 4.40. The Morgan fingerprint density at radius 2 is 1.90 bits per heavy atom. The maximum atomic E-state index is 11.9. The van der Waals surface area contributed by atoms with Gasteiger partial charge in [0.2, 0.25) is 10.0 Å². The van der Waals surface area contributed by atoms with Gasteiger partial charge in [0.15, 0.2) is 5.69 Å². The lowest BCUT2D eigenvalue weighted by atomic mass is 10.1. The summed E-state index contributed by atoms with van der Waals surface area (Å²) in [6.07, 6.45) is 7.21. The zero-order chi connectivity index (χ0) is 15.7. The lowest BCUT2D eigenvalue weighted by Crippen LogP contribution is -2.19. The van der Waals surface area contributed by atoms with Gasteiger partial charge < -0.3 is 5.11 Å². The fourth-order valence-corrected chi connectivity index (χ4v) is 3.14. The molecule has 7 heteroatoms. The first-order chi connectivity index (χ1) is 9.96. The van der Waals surface area contributed by atoms with Gasteiger partial charge in [-0.3, -0.25) is 4.72 Å². The zero-order valence-corrected chi connectivity index (χ0v) is 13.0. The van der Waals surface area contributed by atoms with Crippen molar-refractivity contribution in [1.82, 2.24) is 4.98 Å². The molecule has 2 N–H and O–H groups in total. The Hall–Kier alpha value is -1.63. The van der Waals surface area contributed by atoms with Crippen LogP contribution >= 0.6 is 0 Å². The molecule has 1 rings (SSSR count). The number of nitrogens with zero attached hydrogens (tertiary/aromatic N) is 1. The van der Waals surface area contributed by atoms with Gasteiger partial charge >= 0.3 is 5.97 Å². The van der Waals surface area contributed by atoms with Crippen molar-refractivity contribution in [3.8, 4) is 0 Å². The molecular weight excluding hydrogens is 292 g/mol. The van der Waals surface area contributed by atoms with Gasteiger partial charge in [0.1, 0.15) is 0 Å². The van der Waals surface area contributed by atoms with Gasteiger partial charge in [-0.05, 0) is 18.6 Å². The molecule has 0 aliphatic rings. The van der Waals surface area contributed by atoms with Crippen LogP contribution in [-0.4, -0.2) is 30.2 Å². The number of aromatic nitrogens is 1. The lowest BCUT2D eigenvalue weighted by Gasteiger charge is -2.09. The SMILES string of the molecule is CCCCCCCCS(=O)(=O)Nc1cccnc1C(=O)O. The van der Waals surface area contributed by atoms with E-state index in [1.165, 1.54) is 24.8 Å². The van der Waals surface area contributed by atoms with Crippen molar-refractivity contribution in [3.63, 3.8) is 0 Å². The lowest BCUT2D eigenvalue weighted by molar-refractivity contribution is 0.0692. The summed E-state index contributed by atoms with van der Waals surface area (Å²) in [6, 6.07) is 2.89. The molecule has 1 aromatic rings. The van der Waals surface area contributed by atoms with Crippen molar-refractivity contribution in [2.75, 3.05) is 10.5 Å². The first kappa shape index (κ1) is 17.4. The molecule has 0 unspecified atom stereocenters. The molecule has 1 aromatic heterocycles. The number of aromatic carboxylic acids is 1.